The first kappa shape index (κ1) is 14.1. The van der Waals surface area contributed by atoms with Gasteiger partial charge < -0.3 is 0 Å². The second-order valence-corrected chi connectivity index (χ2v) is 8.33. The van der Waals surface area contributed by atoms with Crippen molar-refractivity contribution in [2.45, 2.75) is 31.9 Å². The molecule has 2 rings (SSSR count). The molecule has 0 N–H and O–H groups in total. The van der Waals surface area contributed by atoms with Crippen molar-refractivity contribution in [1.82, 2.24) is 4.90 Å². The van der Waals surface area contributed by atoms with Crippen LogP contribution in [0.5, 0.6) is 0 Å². The number of aryl methyl sites for hydroxylation is 1. The van der Waals surface area contributed by atoms with E-state index in [1.807, 2.05) is 17.8 Å². The third-order valence-electron chi connectivity index (χ3n) is 3.16. The van der Waals surface area contributed by atoms with Crippen LogP contribution >= 0.6 is 23.1 Å². The summed E-state index contributed by atoms with van der Waals surface area (Å²) >= 11 is 3.65. The van der Waals surface area contributed by atoms with Crippen LogP contribution in [0, 0.1) is 0 Å². The average molecular weight is 283 g/mol. The summed E-state index contributed by atoms with van der Waals surface area (Å²) in [5.41, 5.74) is 0. The van der Waals surface area contributed by atoms with Crippen LogP contribution in [0.4, 0.5) is 0 Å². The molecule has 2 heterocycles. The average Bonchev–Trinajstić information content (AvgIpc) is 2.76. The zero-order chi connectivity index (χ0) is 13.2. The molecule has 1 saturated heterocycles. The van der Waals surface area contributed by atoms with Crippen molar-refractivity contribution >= 4 is 28.9 Å². The first-order valence-electron chi connectivity index (χ1n) is 6.48. The Morgan fingerprint density at radius 2 is 2.22 bits per heavy atom. The molecular formula is C14H21NOS2. The zero-order valence-electron chi connectivity index (χ0n) is 11.4. The molecule has 1 aromatic heterocycles. The van der Waals surface area contributed by atoms with Gasteiger partial charge in [-0.15, -0.1) is 11.3 Å². The fourth-order valence-electron chi connectivity index (χ4n) is 2.25. The van der Waals surface area contributed by atoms with Gasteiger partial charge in [0.25, 0.3) is 0 Å². The van der Waals surface area contributed by atoms with E-state index in [2.05, 4.69) is 31.7 Å². The molecule has 0 atom stereocenters. The van der Waals surface area contributed by atoms with Crippen LogP contribution in [0.25, 0.3) is 0 Å². The number of thiophene rings is 1. The minimum atomic E-state index is 0.280. The molecule has 0 spiro atoms. The molecule has 2 nitrogen and oxygen atoms in total. The van der Waals surface area contributed by atoms with E-state index in [1.165, 1.54) is 4.88 Å². The van der Waals surface area contributed by atoms with Gasteiger partial charge in [-0.1, -0.05) is 6.92 Å². The van der Waals surface area contributed by atoms with Crippen molar-refractivity contribution in [3.05, 3.63) is 21.9 Å². The van der Waals surface area contributed by atoms with Crippen molar-refractivity contribution in [3.63, 3.8) is 0 Å². The number of hydrogen-bond donors (Lipinski definition) is 0. The van der Waals surface area contributed by atoms with Crippen LogP contribution in [0.2, 0.25) is 0 Å². The Hall–Kier alpha value is -0.320. The summed E-state index contributed by atoms with van der Waals surface area (Å²) in [7, 11) is 0. The van der Waals surface area contributed by atoms with E-state index in [9.17, 15) is 4.79 Å². The fourth-order valence-corrected chi connectivity index (χ4v) is 4.30. The number of thioether (sulfide) groups is 1. The van der Waals surface area contributed by atoms with E-state index >= 15 is 0 Å². The molecule has 18 heavy (non-hydrogen) atoms. The minimum absolute atomic E-state index is 0.280. The molecule has 0 unspecified atom stereocenters. The highest BCUT2D eigenvalue weighted by atomic mass is 32.2. The van der Waals surface area contributed by atoms with Crippen LogP contribution in [0.3, 0.4) is 0 Å². The summed E-state index contributed by atoms with van der Waals surface area (Å²) in [6.45, 7) is 9.27. The van der Waals surface area contributed by atoms with Gasteiger partial charge >= 0.3 is 0 Å². The third kappa shape index (κ3) is 3.59. The highest BCUT2D eigenvalue weighted by Gasteiger charge is 2.28. The van der Waals surface area contributed by atoms with E-state index < -0.39 is 0 Å². The second-order valence-electron chi connectivity index (χ2n) is 5.36. The van der Waals surface area contributed by atoms with Gasteiger partial charge in [-0.25, -0.2) is 0 Å². The molecule has 1 aliphatic heterocycles. The largest absolute Gasteiger partial charge is 0.294 e. The number of hydrogen-bond acceptors (Lipinski definition) is 4. The number of carbonyl (C=O) groups is 1. The lowest BCUT2D eigenvalue weighted by Crippen LogP contribution is -2.45. The summed E-state index contributed by atoms with van der Waals surface area (Å²) in [6, 6.07) is 4.06. The van der Waals surface area contributed by atoms with Crippen molar-refractivity contribution < 1.29 is 4.79 Å². The normalized spacial score (nSPS) is 19.9. The zero-order valence-corrected chi connectivity index (χ0v) is 13.0. The van der Waals surface area contributed by atoms with Crippen molar-refractivity contribution in [2.24, 2.45) is 0 Å². The molecule has 0 amide bonds. The number of nitrogens with zero attached hydrogens (tertiary/aromatic N) is 1. The highest BCUT2D eigenvalue weighted by Crippen LogP contribution is 2.29. The van der Waals surface area contributed by atoms with E-state index in [0.717, 1.165) is 30.1 Å². The maximum Gasteiger partial charge on any atom is 0.186 e. The molecule has 1 aliphatic rings. The molecule has 0 aromatic carbocycles. The lowest BCUT2D eigenvalue weighted by atomic mass is 10.1. The van der Waals surface area contributed by atoms with Crippen molar-refractivity contribution in [2.75, 3.05) is 25.4 Å². The molecule has 0 saturated carbocycles. The van der Waals surface area contributed by atoms with E-state index in [-0.39, 0.29) is 10.5 Å². The smallest absolute Gasteiger partial charge is 0.186 e. The summed E-state index contributed by atoms with van der Waals surface area (Å²) in [4.78, 5) is 16.7. The number of ketones is 1. The predicted molar refractivity (Wildman–Crippen MR) is 81.0 cm³/mol. The van der Waals surface area contributed by atoms with Gasteiger partial charge in [0.2, 0.25) is 0 Å². The molecule has 1 aromatic rings. The Balaban J connectivity index is 1.94. The number of carbonyl (C=O) groups excluding carboxylic acids is 1. The van der Waals surface area contributed by atoms with Crippen LogP contribution in [0.15, 0.2) is 12.1 Å². The van der Waals surface area contributed by atoms with Crippen LogP contribution < -0.4 is 0 Å². The summed E-state index contributed by atoms with van der Waals surface area (Å²) in [5.74, 6) is 1.41. The van der Waals surface area contributed by atoms with Gasteiger partial charge in [-0.3, -0.25) is 9.69 Å². The second kappa shape index (κ2) is 5.76. The van der Waals surface area contributed by atoms with Gasteiger partial charge in [0.05, 0.1) is 11.4 Å². The Kier molecular flexibility index (Phi) is 4.51. The van der Waals surface area contributed by atoms with Crippen LogP contribution in [-0.2, 0) is 6.42 Å². The molecule has 4 heteroatoms. The Morgan fingerprint density at radius 1 is 1.44 bits per heavy atom. The predicted octanol–water partition coefficient (Wildman–Crippen LogP) is 3.32. The summed E-state index contributed by atoms with van der Waals surface area (Å²) in [5, 5.41) is 0. The van der Waals surface area contributed by atoms with Gasteiger partial charge in [-0.2, -0.15) is 11.8 Å². The molecule has 1 fully saturated rings. The van der Waals surface area contributed by atoms with Crippen LogP contribution in [-0.4, -0.2) is 40.8 Å². The molecule has 0 aliphatic carbocycles. The lowest BCUT2D eigenvalue weighted by Gasteiger charge is -2.37. The van der Waals surface area contributed by atoms with E-state index in [4.69, 9.17) is 0 Å². The van der Waals surface area contributed by atoms with Gasteiger partial charge in [-0.05, 0) is 32.4 Å². The minimum Gasteiger partial charge on any atom is -0.294 e. The lowest BCUT2D eigenvalue weighted by molar-refractivity contribution is 0.0931. The van der Waals surface area contributed by atoms with E-state index in [1.54, 1.807) is 11.3 Å². The van der Waals surface area contributed by atoms with Crippen molar-refractivity contribution in [3.8, 4) is 0 Å². The SMILES string of the molecule is CCc1ccc(C(=O)CN2CCSC(C)(C)C2)s1. The summed E-state index contributed by atoms with van der Waals surface area (Å²) in [6.07, 6.45) is 1.02. The summed E-state index contributed by atoms with van der Waals surface area (Å²) < 4.78 is 0.280. The fraction of sp³-hybridized carbons (Fsp3) is 0.643. The monoisotopic (exact) mass is 283 g/mol. The number of Topliss-reactive ketones (excluding diaryl/α,β-unsaturated/α-hetero) is 1. The topological polar surface area (TPSA) is 20.3 Å². The number of rotatable bonds is 4. The first-order chi connectivity index (χ1) is 8.50. The van der Waals surface area contributed by atoms with Gasteiger partial charge in [0, 0.05) is 28.5 Å². The maximum absolute atomic E-state index is 12.2. The Bertz CT molecular complexity index is 425. The Morgan fingerprint density at radius 3 is 2.83 bits per heavy atom. The standard InChI is InChI=1S/C14H21NOS2/c1-4-11-5-6-13(18-11)12(16)9-15-7-8-17-14(2,3)10-15/h5-6H,4,7-10H2,1-3H3. The van der Waals surface area contributed by atoms with Crippen LogP contribution in [0.1, 0.15) is 35.3 Å². The molecular weight excluding hydrogens is 262 g/mol. The van der Waals surface area contributed by atoms with Crippen molar-refractivity contribution in [1.29, 1.82) is 0 Å². The maximum atomic E-state index is 12.2. The first-order valence-corrected chi connectivity index (χ1v) is 8.28. The van der Waals surface area contributed by atoms with Gasteiger partial charge in [0.1, 0.15) is 0 Å². The molecule has 0 radical (unpaired) electrons. The quantitative estimate of drug-likeness (QED) is 0.791. The Labute approximate surface area is 118 Å². The van der Waals surface area contributed by atoms with Gasteiger partial charge in [0.15, 0.2) is 5.78 Å². The van der Waals surface area contributed by atoms with E-state index in [0.29, 0.717) is 6.54 Å². The highest BCUT2D eigenvalue weighted by molar-refractivity contribution is 8.00. The molecule has 100 valence electrons. The molecule has 0 bridgehead atoms. The third-order valence-corrected chi connectivity index (χ3v) is 5.72.